The normalized spacial score (nSPS) is 22.2. The Morgan fingerprint density at radius 2 is 1.68 bits per heavy atom. The summed E-state index contributed by atoms with van der Waals surface area (Å²) in [5, 5.41) is 9.98. The van der Waals surface area contributed by atoms with Gasteiger partial charge < -0.3 is 5.11 Å². The molecule has 1 saturated carbocycles. The van der Waals surface area contributed by atoms with E-state index in [9.17, 15) is 9.90 Å². The van der Waals surface area contributed by atoms with Crippen molar-refractivity contribution < 1.29 is 14.3 Å². The van der Waals surface area contributed by atoms with Crippen molar-refractivity contribution in [3.63, 3.8) is 0 Å². The van der Waals surface area contributed by atoms with Crippen molar-refractivity contribution in [3.05, 3.63) is 59.4 Å². The van der Waals surface area contributed by atoms with Crippen molar-refractivity contribution in [2.24, 2.45) is 5.92 Å². The number of carboxylic acids is 1. The SMILES string of the molecule is CCCc1ccc(-c2ccc([C@]3(C(=O)O)CC[C@H](CCC)CC3)c(F)c2)cc1. The summed E-state index contributed by atoms with van der Waals surface area (Å²) < 4.78 is 15.1. The zero-order chi connectivity index (χ0) is 20.1. The molecular formula is C25H31FO2. The summed E-state index contributed by atoms with van der Waals surface area (Å²) in [6, 6.07) is 13.3. The molecule has 0 spiro atoms. The van der Waals surface area contributed by atoms with Crippen molar-refractivity contribution in [1.82, 2.24) is 0 Å². The maximum absolute atomic E-state index is 15.1. The molecule has 2 nitrogen and oxygen atoms in total. The molecular weight excluding hydrogens is 351 g/mol. The molecule has 0 saturated heterocycles. The second kappa shape index (κ2) is 8.89. The second-order valence-corrected chi connectivity index (χ2v) is 8.26. The van der Waals surface area contributed by atoms with Crippen molar-refractivity contribution >= 4 is 5.97 Å². The zero-order valence-electron chi connectivity index (χ0n) is 17.0. The Kier molecular flexibility index (Phi) is 6.53. The summed E-state index contributed by atoms with van der Waals surface area (Å²) in [5.74, 6) is -0.717. The molecule has 150 valence electrons. The molecule has 1 aliphatic rings. The fraction of sp³-hybridized carbons (Fsp3) is 0.480. The van der Waals surface area contributed by atoms with Crippen LogP contribution in [-0.2, 0) is 16.6 Å². The molecule has 3 rings (SSSR count). The van der Waals surface area contributed by atoms with Gasteiger partial charge in [0.2, 0.25) is 0 Å². The molecule has 1 fully saturated rings. The minimum atomic E-state index is -1.09. The highest BCUT2D eigenvalue weighted by Crippen LogP contribution is 2.44. The topological polar surface area (TPSA) is 37.3 Å². The van der Waals surface area contributed by atoms with Crippen LogP contribution in [0.3, 0.4) is 0 Å². The van der Waals surface area contributed by atoms with Gasteiger partial charge in [0.1, 0.15) is 5.82 Å². The number of hydrogen-bond donors (Lipinski definition) is 1. The fourth-order valence-electron chi connectivity index (χ4n) is 4.70. The molecule has 0 aliphatic heterocycles. The predicted molar refractivity (Wildman–Crippen MR) is 112 cm³/mol. The lowest BCUT2D eigenvalue weighted by molar-refractivity contribution is -0.145. The summed E-state index contributed by atoms with van der Waals surface area (Å²) in [4.78, 5) is 12.2. The van der Waals surface area contributed by atoms with E-state index >= 15 is 4.39 Å². The maximum Gasteiger partial charge on any atom is 0.314 e. The Morgan fingerprint density at radius 1 is 1.04 bits per heavy atom. The first-order chi connectivity index (χ1) is 13.5. The highest BCUT2D eigenvalue weighted by Gasteiger charge is 2.44. The van der Waals surface area contributed by atoms with Crippen LogP contribution in [0.1, 0.15) is 69.9 Å². The molecule has 0 bridgehead atoms. The molecule has 0 atom stereocenters. The Morgan fingerprint density at radius 3 is 2.21 bits per heavy atom. The van der Waals surface area contributed by atoms with Crippen molar-refractivity contribution in [3.8, 4) is 11.1 Å². The number of carboxylic acid groups (broad SMARTS) is 1. The molecule has 28 heavy (non-hydrogen) atoms. The van der Waals surface area contributed by atoms with E-state index in [4.69, 9.17) is 0 Å². The van der Waals surface area contributed by atoms with Crippen LogP contribution in [0.5, 0.6) is 0 Å². The number of aliphatic carboxylic acids is 1. The van der Waals surface area contributed by atoms with E-state index in [0.717, 1.165) is 49.7 Å². The predicted octanol–water partition coefficient (Wildman–Crippen LogP) is 6.76. The van der Waals surface area contributed by atoms with Gasteiger partial charge in [-0.05, 0) is 60.8 Å². The first-order valence-corrected chi connectivity index (χ1v) is 10.6. The van der Waals surface area contributed by atoms with E-state index in [1.54, 1.807) is 6.07 Å². The summed E-state index contributed by atoms with van der Waals surface area (Å²) in [6.45, 7) is 4.31. The van der Waals surface area contributed by atoms with Gasteiger partial charge in [0.25, 0.3) is 0 Å². The van der Waals surface area contributed by atoms with Gasteiger partial charge in [0.05, 0.1) is 5.41 Å². The number of rotatable bonds is 7. The highest BCUT2D eigenvalue weighted by molar-refractivity contribution is 5.82. The van der Waals surface area contributed by atoms with Crippen molar-refractivity contribution in [1.29, 1.82) is 0 Å². The van der Waals surface area contributed by atoms with Crippen LogP contribution in [0.15, 0.2) is 42.5 Å². The van der Waals surface area contributed by atoms with E-state index in [1.165, 1.54) is 11.6 Å². The van der Waals surface area contributed by atoms with Crippen LogP contribution in [-0.4, -0.2) is 11.1 Å². The Balaban J connectivity index is 1.87. The molecule has 1 N–H and O–H groups in total. The van der Waals surface area contributed by atoms with Crippen LogP contribution in [0.25, 0.3) is 11.1 Å². The minimum absolute atomic E-state index is 0.348. The summed E-state index contributed by atoms with van der Waals surface area (Å²) in [5.41, 5.74) is 2.29. The van der Waals surface area contributed by atoms with Crippen LogP contribution in [0.4, 0.5) is 4.39 Å². The average molecular weight is 383 g/mol. The lowest BCUT2D eigenvalue weighted by Crippen LogP contribution is -2.40. The summed E-state index contributed by atoms with van der Waals surface area (Å²) in [6.07, 6.45) is 7.15. The number of aryl methyl sites for hydroxylation is 1. The van der Waals surface area contributed by atoms with Crippen LogP contribution < -0.4 is 0 Å². The smallest absolute Gasteiger partial charge is 0.314 e. The molecule has 0 heterocycles. The Bertz CT molecular complexity index is 802. The molecule has 3 heteroatoms. The third-order valence-corrected chi connectivity index (χ3v) is 6.38. The number of hydrogen-bond acceptors (Lipinski definition) is 1. The van der Waals surface area contributed by atoms with Gasteiger partial charge >= 0.3 is 5.97 Å². The van der Waals surface area contributed by atoms with Crippen molar-refractivity contribution in [2.45, 2.75) is 70.6 Å². The quantitative estimate of drug-likeness (QED) is 0.574. The third kappa shape index (κ3) is 4.14. The second-order valence-electron chi connectivity index (χ2n) is 8.26. The molecule has 2 aromatic carbocycles. The molecule has 0 unspecified atom stereocenters. The van der Waals surface area contributed by atoms with Gasteiger partial charge in [-0.1, -0.05) is 69.5 Å². The Hall–Kier alpha value is -2.16. The van der Waals surface area contributed by atoms with Crippen LogP contribution in [0, 0.1) is 11.7 Å². The van der Waals surface area contributed by atoms with Gasteiger partial charge in [-0.2, -0.15) is 0 Å². The van der Waals surface area contributed by atoms with Crippen LogP contribution in [0.2, 0.25) is 0 Å². The monoisotopic (exact) mass is 382 g/mol. The average Bonchev–Trinajstić information content (AvgIpc) is 2.70. The van der Waals surface area contributed by atoms with Gasteiger partial charge in [0, 0.05) is 5.56 Å². The third-order valence-electron chi connectivity index (χ3n) is 6.38. The van der Waals surface area contributed by atoms with Crippen molar-refractivity contribution in [2.75, 3.05) is 0 Å². The summed E-state index contributed by atoms with van der Waals surface area (Å²) in [7, 11) is 0. The molecule has 0 aromatic heterocycles. The van der Waals surface area contributed by atoms with E-state index < -0.39 is 17.2 Å². The van der Waals surface area contributed by atoms with Gasteiger partial charge in [-0.3, -0.25) is 4.79 Å². The van der Waals surface area contributed by atoms with E-state index in [0.29, 0.717) is 24.3 Å². The van der Waals surface area contributed by atoms with E-state index in [-0.39, 0.29) is 0 Å². The number of benzene rings is 2. The van der Waals surface area contributed by atoms with Gasteiger partial charge in [-0.25, -0.2) is 4.39 Å². The molecule has 0 amide bonds. The summed E-state index contributed by atoms with van der Waals surface area (Å²) >= 11 is 0. The fourth-order valence-corrected chi connectivity index (χ4v) is 4.70. The van der Waals surface area contributed by atoms with Gasteiger partial charge in [-0.15, -0.1) is 0 Å². The van der Waals surface area contributed by atoms with Crippen LogP contribution >= 0.6 is 0 Å². The Labute approximate surface area is 167 Å². The van der Waals surface area contributed by atoms with E-state index in [1.807, 2.05) is 18.2 Å². The lowest BCUT2D eigenvalue weighted by Gasteiger charge is -2.37. The lowest BCUT2D eigenvalue weighted by atomic mass is 9.65. The standard InChI is InChI=1S/C25H31FO2/c1-3-5-18-7-9-20(10-8-18)21-11-12-22(23(26)17-21)25(24(27)28)15-13-19(6-4-2)14-16-25/h7-12,17,19H,3-6,13-16H2,1-2H3,(H,27,28)/t19-,25-. The number of carbonyl (C=O) groups is 1. The molecule has 1 aliphatic carbocycles. The largest absolute Gasteiger partial charge is 0.481 e. The number of halogens is 1. The first-order valence-electron chi connectivity index (χ1n) is 10.6. The van der Waals surface area contributed by atoms with E-state index in [2.05, 4.69) is 26.0 Å². The maximum atomic E-state index is 15.1. The minimum Gasteiger partial charge on any atom is -0.481 e. The highest BCUT2D eigenvalue weighted by atomic mass is 19.1. The first kappa shape index (κ1) is 20.6. The van der Waals surface area contributed by atoms with Gasteiger partial charge in [0.15, 0.2) is 0 Å². The zero-order valence-corrected chi connectivity index (χ0v) is 17.0. The molecule has 0 radical (unpaired) electrons. The molecule has 2 aromatic rings.